The number of aromatic nitrogens is 1. The lowest BCUT2D eigenvalue weighted by Crippen LogP contribution is -2.45. The van der Waals surface area contributed by atoms with E-state index in [2.05, 4.69) is 10.3 Å². The molecule has 2 rings (SSSR count). The number of pyridine rings is 1. The summed E-state index contributed by atoms with van der Waals surface area (Å²) in [6.45, 7) is 0. The summed E-state index contributed by atoms with van der Waals surface area (Å²) in [6, 6.07) is 9.70. The second-order valence-electron chi connectivity index (χ2n) is 4.72. The Morgan fingerprint density at radius 2 is 2.00 bits per heavy atom. The zero-order valence-electron chi connectivity index (χ0n) is 12.2. The number of nitrogens with two attached hydrogens (primary N) is 1. The van der Waals surface area contributed by atoms with Gasteiger partial charge in [0.05, 0.1) is 12.7 Å². The molecule has 22 heavy (non-hydrogen) atoms. The van der Waals surface area contributed by atoms with Crippen LogP contribution in [0.4, 0.5) is 0 Å². The number of ether oxygens (including phenoxy) is 1. The van der Waals surface area contributed by atoms with Crippen LogP contribution in [0.15, 0.2) is 48.8 Å². The molecule has 1 heterocycles. The number of primary amides is 1. The van der Waals surface area contributed by atoms with Gasteiger partial charge in [-0.15, -0.1) is 0 Å². The molecule has 1 aromatic carbocycles. The summed E-state index contributed by atoms with van der Waals surface area (Å²) in [6.07, 6.45) is 3.31. The number of methoxy groups -OCH3 is 1. The minimum atomic E-state index is -0.791. The highest BCUT2D eigenvalue weighted by Crippen LogP contribution is 2.13. The minimum Gasteiger partial charge on any atom is -0.497 e. The molecular formula is C16H17N3O3. The average molecular weight is 299 g/mol. The molecule has 2 amide bonds. The van der Waals surface area contributed by atoms with Gasteiger partial charge in [-0.3, -0.25) is 14.6 Å². The van der Waals surface area contributed by atoms with Crippen LogP contribution in [0.2, 0.25) is 0 Å². The first-order valence-electron chi connectivity index (χ1n) is 6.73. The van der Waals surface area contributed by atoms with Gasteiger partial charge in [0.15, 0.2) is 0 Å². The van der Waals surface area contributed by atoms with Gasteiger partial charge in [-0.05, 0) is 29.8 Å². The minimum absolute atomic E-state index is 0.311. The average Bonchev–Trinajstić information content (AvgIpc) is 2.55. The number of hydrogen-bond donors (Lipinski definition) is 2. The number of carbonyl (C=O) groups excluding carboxylic acids is 2. The Kier molecular flexibility index (Phi) is 5.08. The third kappa shape index (κ3) is 4.05. The topological polar surface area (TPSA) is 94.3 Å². The van der Waals surface area contributed by atoms with Gasteiger partial charge in [-0.2, -0.15) is 0 Å². The van der Waals surface area contributed by atoms with E-state index in [4.69, 9.17) is 10.5 Å². The molecule has 0 saturated heterocycles. The highest BCUT2D eigenvalue weighted by molar-refractivity contribution is 5.97. The molecule has 6 heteroatoms. The van der Waals surface area contributed by atoms with Crippen LogP contribution in [-0.2, 0) is 11.2 Å². The van der Waals surface area contributed by atoms with Crippen LogP contribution >= 0.6 is 0 Å². The molecule has 3 N–H and O–H groups in total. The van der Waals surface area contributed by atoms with Gasteiger partial charge in [-0.1, -0.05) is 12.1 Å². The first-order valence-corrected chi connectivity index (χ1v) is 6.73. The second kappa shape index (κ2) is 7.21. The molecular weight excluding hydrogens is 282 g/mol. The van der Waals surface area contributed by atoms with Crippen molar-refractivity contribution >= 4 is 11.8 Å². The van der Waals surface area contributed by atoms with Crippen molar-refractivity contribution in [2.45, 2.75) is 12.5 Å². The van der Waals surface area contributed by atoms with Gasteiger partial charge in [0, 0.05) is 18.8 Å². The van der Waals surface area contributed by atoms with Crippen LogP contribution in [-0.4, -0.2) is 29.9 Å². The fourth-order valence-corrected chi connectivity index (χ4v) is 1.96. The van der Waals surface area contributed by atoms with Gasteiger partial charge in [0.2, 0.25) is 5.91 Å². The van der Waals surface area contributed by atoms with E-state index in [1.165, 1.54) is 6.20 Å². The lowest BCUT2D eigenvalue weighted by molar-refractivity contribution is -0.119. The number of rotatable bonds is 6. The van der Waals surface area contributed by atoms with Crippen molar-refractivity contribution in [2.24, 2.45) is 5.73 Å². The smallest absolute Gasteiger partial charge is 0.253 e. The molecule has 0 aliphatic carbocycles. The summed E-state index contributed by atoms with van der Waals surface area (Å²) in [7, 11) is 1.58. The second-order valence-corrected chi connectivity index (χ2v) is 4.72. The number of amides is 2. The number of benzene rings is 1. The lowest BCUT2D eigenvalue weighted by atomic mass is 10.0. The maximum atomic E-state index is 12.1. The SMILES string of the molecule is COc1ccc(C[C@@H](NC(=O)c2cccnc2)C(N)=O)cc1. The molecule has 0 saturated carbocycles. The van der Waals surface area contributed by atoms with Crippen LogP contribution in [0.25, 0.3) is 0 Å². The predicted octanol–water partition coefficient (Wildman–Crippen LogP) is 0.917. The molecule has 0 bridgehead atoms. The van der Waals surface area contributed by atoms with Crippen molar-refractivity contribution < 1.29 is 14.3 Å². The van der Waals surface area contributed by atoms with E-state index in [9.17, 15) is 9.59 Å². The summed E-state index contributed by atoms with van der Waals surface area (Å²) in [4.78, 5) is 27.5. The normalized spacial score (nSPS) is 11.5. The van der Waals surface area contributed by atoms with Gasteiger partial charge in [0.25, 0.3) is 5.91 Å². The Hall–Kier alpha value is -2.89. The fourth-order valence-electron chi connectivity index (χ4n) is 1.96. The molecule has 0 fully saturated rings. The summed E-state index contributed by atoms with van der Waals surface area (Å²) >= 11 is 0. The van der Waals surface area contributed by atoms with E-state index in [1.54, 1.807) is 37.6 Å². The van der Waals surface area contributed by atoms with E-state index in [1.807, 2.05) is 12.1 Å². The zero-order chi connectivity index (χ0) is 15.9. The van der Waals surface area contributed by atoms with Crippen LogP contribution in [0.3, 0.4) is 0 Å². The Morgan fingerprint density at radius 1 is 1.27 bits per heavy atom. The van der Waals surface area contributed by atoms with Crippen LogP contribution < -0.4 is 15.8 Å². The summed E-state index contributed by atoms with van der Waals surface area (Å²) in [5.74, 6) is -0.253. The maximum Gasteiger partial charge on any atom is 0.253 e. The highest BCUT2D eigenvalue weighted by Gasteiger charge is 2.19. The molecule has 114 valence electrons. The Balaban J connectivity index is 2.06. The third-order valence-electron chi connectivity index (χ3n) is 3.17. The first kappa shape index (κ1) is 15.5. The Morgan fingerprint density at radius 3 is 2.55 bits per heavy atom. The van der Waals surface area contributed by atoms with Crippen LogP contribution in [0.1, 0.15) is 15.9 Å². The standard InChI is InChI=1S/C16H17N3O3/c1-22-13-6-4-11(5-7-13)9-14(15(17)20)19-16(21)12-3-2-8-18-10-12/h2-8,10,14H,9H2,1H3,(H2,17,20)(H,19,21)/t14-/m1/s1. The monoisotopic (exact) mass is 299 g/mol. The molecule has 2 aromatic rings. The summed E-state index contributed by atoms with van der Waals surface area (Å²) < 4.78 is 5.08. The zero-order valence-corrected chi connectivity index (χ0v) is 12.2. The molecule has 0 aliphatic heterocycles. The largest absolute Gasteiger partial charge is 0.497 e. The highest BCUT2D eigenvalue weighted by atomic mass is 16.5. The van der Waals surface area contributed by atoms with E-state index >= 15 is 0 Å². The molecule has 0 aliphatic rings. The molecule has 6 nitrogen and oxygen atoms in total. The number of hydrogen-bond acceptors (Lipinski definition) is 4. The first-order chi connectivity index (χ1) is 10.6. The van der Waals surface area contributed by atoms with Crippen molar-refractivity contribution in [3.05, 3.63) is 59.9 Å². The number of nitrogens with zero attached hydrogens (tertiary/aromatic N) is 1. The molecule has 0 spiro atoms. The van der Waals surface area contributed by atoms with E-state index in [0.29, 0.717) is 12.0 Å². The Bertz CT molecular complexity index is 641. The number of carbonyl (C=O) groups is 2. The molecule has 1 atom stereocenters. The Labute approximate surface area is 128 Å². The van der Waals surface area contributed by atoms with Crippen molar-refractivity contribution in [1.82, 2.24) is 10.3 Å². The third-order valence-corrected chi connectivity index (χ3v) is 3.17. The van der Waals surface area contributed by atoms with E-state index in [0.717, 1.165) is 11.3 Å². The van der Waals surface area contributed by atoms with Crippen molar-refractivity contribution in [3.63, 3.8) is 0 Å². The van der Waals surface area contributed by atoms with Crippen molar-refractivity contribution in [2.75, 3.05) is 7.11 Å². The fraction of sp³-hybridized carbons (Fsp3) is 0.188. The quantitative estimate of drug-likeness (QED) is 0.829. The van der Waals surface area contributed by atoms with Crippen LogP contribution in [0.5, 0.6) is 5.75 Å². The summed E-state index contributed by atoms with van der Waals surface area (Å²) in [5, 5.41) is 2.63. The predicted molar refractivity (Wildman–Crippen MR) is 81.4 cm³/mol. The van der Waals surface area contributed by atoms with E-state index in [-0.39, 0.29) is 5.91 Å². The van der Waals surface area contributed by atoms with Gasteiger partial charge in [-0.25, -0.2) is 0 Å². The van der Waals surface area contributed by atoms with Crippen molar-refractivity contribution in [1.29, 1.82) is 0 Å². The van der Waals surface area contributed by atoms with Gasteiger partial charge in [0.1, 0.15) is 11.8 Å². The molecule has 1 aromatic heterocycles. The van der Waals surface area contributed by atoms with Crippen molar-refractivity contribution in [3.8, 4) is 5.75 Å². The number of nitrogens with one attached hydrogen (secondary N) is 1. The van der Waals surface area contributed by atoms with Gasteiger partial charge >= 0.3 is 0 Å². The van der Waals surface area contributed by atoms with Crippen LogP contribution in [0, 0.1) is 0 Å². The van der Waals surface area contributed by atoms with Gasteiger partial charge < -0.3 is 15.8 Å². The molecule has 0 unspecified atom stereocenters. The lowest BCUT2D eigenvalue weighted by Gasteiger charge is -2.15. The summed E-state index contributed by atoms with van der Waals surface area (Å²) in [5.41, 5.74) is 6.62. The molecule has 0 radical (unpaired) electrons. The maximum absolute atomic E-state index is 12.1. The van der Waals surface area contributed by atoms with E-state index < -0.39 is 11.9 Å².